The van der Waals surface area contributed by atoms with Gasteiger partial charge in [-0.25, -0.2) is 0 Å². The maximum Gasteiger partial charge on any atom is 0.358 e. The third-order valence-corrected chi connectivity index (χ3v) is 4.05. The van der Waals surface area contributed by atoms with Crippen LogP contribution in [-0.4, -0.2) is 46.4 Å². The Bertz CT molecular complexity index is 483. The third kappa shape index (κ3) is 5.05. The fourth-order valence-electron chi connectivity index (χ4n) is 2.84. The van der Waals surface area contributed by atoms with E-state index in [1.165, 1.54) is 18.9 Å². The molecule has 0 aromatic carbocycles. The molecule has 1 unspecified atom stereocenters. The van der Waals surface area contributed by atoms with Gasteiger partial charge in [-0.2, -0.15) is 17.6 Å². The van der Waals surface area contributed by atoms with Crippen LogP contribution in [0.5, 0.6) is 0 Å². The van der Waals surface area contributed by atoms with Crippen molar-refractivity contribution in [1.29, 1.82) is 0 Å². The van der Waals surface area contributed by atoms with E-state index in [9.17, 15) is 27.5 Å². The minimum absolute atomic E-state index is 0.0751. The van der Waals surface area contributed by atoms with E-state index in [2.05, 4.69) is 23.2 Å². The molecule has 0 aromatic rings. The minimum Gasteiger partial charge on any atom is -0.376 e. The van der Waals surface area contributed by atoms with Crippen molar-refractivity contribution in [2.24, 2.45) is 17.2 Å². The summed E-state index contributed by atoms with van der Waals surface area (Å²) in [7, 11) is 3.56. The summed E-state index contributed by atoms with van der Waals surface area (Å²) in [4.78, 5) is 11.9. The van der Waals surface area contributed by atoms with Gasteiger partial charge in [0.05, 0.1) is 5.92 Å². The van der Waals surface area contributed by atoms with Crippen molar-refractivity contribution in [3.8, 4) is 0 Å². The largest absolute Gasteiger partial charge is 0.376 e. The van der Waals surface area contributed by atoms with Crippen molar-refractivity contribution in [3.05, 3.63) is 11.6 Å². The first kappa shape index (κ1) is 23.6. The lowest BCUT2D eigenvalue weighted by Crippen LogP contribution is -2.66. The zero-order valence-electron chi connectivity index (χ0n) is 14.0. The zero-order chi connectivity index (χ0) is 19.7. The van der Waals surface area contributed by atoms with Crippen molar-refractivity contribution >= 4 is 29.0 Å². The van der Waals surface area contributed by atoms with Gasteiger partial charge in [0.15, 0.2) is 5.78 Å². The van der Waals surface area contributed by atoms with Gasteiger partial charge < -0.3 is 5.11 Å². The highest BCUT2D eigenvalue weighted by Crippen LogP contribution is 2.57. The number of nitrogens with two attached hydrogens (primary N) is 1. The van der Waals surface area contributed by atoms with Gasteiger partial charge in [-0.15, -0.1) is 0 Å². The van der Waals surface area contributed by atoms with Gasteiger partial charge in [-0.3, -0.25) is 15.6 Å². The molecule has 24 heavy (non-hydrogen) atoms. The lowest BCUT2D eigenvalue weighted by atomic mass is 9.62. The van der Waals surface area contributed by atoms with Crippen LogP contribution in [0.25, 0.3) is 0 Å². The quantitative estimate of drug-likeness (QED) is 0.332. The molecular formula is C14H22Cl2F4N2O2. The first-order chi connectivity index (χ1) is 10.4. The molecule has 142 valence electrons. The van der Waals surface area contributed by atoms with Crippen LogP contribution < -0.4 is 5.84 Å². The number of carbonyl (C=O) groups excluding carboxylic acids is 1. The van der Waals surface area contributed by atoms with Crippen molar-refractivity contribution in [3.63, 3.8) is 0 Å². The normalized spacial score (nSPS) is 22.0. The Balaban J connectivity index is 0.00000118. The molecule has 0 spiro atoms. The SMILES string of the molecule is CC1=CC(=O)C(C(O)(C(F)(F)Cl)C(F)(F)Cl)C(C)(C)C1.CN(C)N. The number of allylic oxidation sites excluding steroid dienone is 2. The molecule has 3 N–H and O–H groups in total. The van der Waals surface area contributed by atoms with Crippen LogP contribution in [0.2, 0.25) is 0 Å². The summed E-state index contributed by atoms with van der Waals surface area (Å²) in [6.07, 6.45) is 1.03. The summed E-state index contributed by atoms with van der Waals surface area (Å²) in [5, 5.41) is 1.82. The molecule has 0 saturated heterocycles. The Morgan fingerprint density at radius 3 is 1.83 bits per heavy atom. The number of hydrazine groups is 1. The lowest BCUT2D eigenvalue weighted by molar-refractivity contribution is -0.255. The number of aliphatic hydroxyl groups is 1. The van der Waals surface area contributed by atoms with Gasteiger partial charge in [0, 0.05) is 14.1 Å². The highest BCUT2D eigenvalue weighted by molar-refractivity contribution is 6.27. The number of carbonyl (C=O) groups is 1. The summed E-state index contributed by atoms with van der Waals surface area (Å²) in [6.45, 7) is 4.21. The van der Waals surface area contributed by atoms with Crippen LogP contribution in [0.4, 0.5) is 17.6 Å². The van der Waals surface area contributed by atoms with E-state index < -0.39 is 33.5 Å². The van der Waals surface area contributed by atoms with Crippen LogP contribution in [0.3, 0.4) is 0 Å². The Morgan fingerprint density at radius 2 is 1.58 bits per heavy atom. The van der Waals surface area contributed by atoms with E-state index in [-0.39, 0.29) is 6.42 Å². The Labute approximate surface area is 148 Å². The maximum atomic E-state index is 13.4. The molecule has 0 aliphatic heterocycles. The van der Waals surface area contributed by atoms with Crippen molar-refractivity contribution in [1.82, 2.24) is 5.01 Å². The molecule has 0 heterocycles. The first-order valence-corrected chi connectivity index (χ1v) is 7.62. The fraction of sp³-hybridized carbons (Fsp3) is 0.786. The summed E-state index contributed by atoms with van der Waals surface area (Å²) in [6, 6.07) is 0. The molecule has 4 nitrogen and oxygen atoms in total. The fourth-order valence-corrected chi connectivity index (χ4v) is 3.35. The van der Waals surface area contributed by atoms with E-state index in [0.29, 0.717) is 5.57 Å². The minimum atomic E-state index is -4.78. The van der Waals surface area contributed by atoms with Crippen LogP contribution >= 0.6 is 23.2 Å². The second-order valence-electron chi connectivity index (χ2n) is 6.72. The molecule has 1 rings (SSSR count). The highest BCUT2D eigenvalue weighted by Gasteiger charge is 2.74. The molecule has 0 radical (unpaired) electrons. The summed E-state index contributed by atoms with van der Waals surface area (Å²) in [5.41, 5.74) is -5.02. The van der Waals surface area contributed by atoms with Gasteiger partial charge in [0.1, 0.15) is 0 Å². The molecule has 1 atom stereocenters. The van der Waals surface area contributed by atoms with Crippen molar-refractivity contribution in [2.45, 2.75) is 43.6 Å². The number of hydrogen-bond acceptors (Lipinski definition) is 4. The van der Waals surface area contributed by atoms with E-state index in [1.54, 1.807) is 21.0 Å². The second kappa shape index (κ2) is 7.45. The summed E-state index contributed by atoms with van der Waals surface area (Å²) < 4.78 is 53.8. The monoisotopic (exact) mass is 396 g/mol. The smallest absolute Gasteiger partial charge is 0.358 e. The Kier molecular flexibility index (Phi) is 7.32. The third-order valence-electron chi connectivity index (χ3n) is 3.47. The molecule has 10 heteroatoms. The summed E-state index contributed by atoms with van der Waals surface area (Å²) >= 11 is 9.33. The van der Waals surface area contributed by atoms with Crippen LogP contribution in [-0.2, 0) is 4.79 Å². The molecule has 0 amide bonds. The number of halogens is 6. The molecule has 1 aliphatic rings. The zero-order valence-corrected chi connectivity index (χ0v) is 15.5. The highest BCUT2D eigenvalue weighted by atomic mass is 35.5. The van der Waals surface area contributed by atoms with E-state index in [4.69, 9.17) is 5.84 Å². The van der Waals surface area contributed by atoms with E-state index in [1.807, 2.05) is 0 Å². The number of alkyl halides is 6. The number of rotatable bonds is 3. The molecule has 0 fully saturated rings. The molecule has 0 saturated carbocycles. The van der Waals surface area contributed by atoms with Gasteiger partial charge >= 0.3 is 10.8 Å². The predicted molar refractivity (Wildman–Crippen MR) is 85.1 cm³/mol. The van der Waals surface area contributed by atoms with Crippen LogP contribution in [0, 0.1) is 11.3 Å². The number of nitrogens with zero attached hydrogens (tertiary/aromatic N) is 1. The second-order valence-corrected chi connectivity index (χ2v) is 7.67. The van der Waals surface area contributed by atoms with E-state index in [0.717, 1.165) is 6.08 Å². The van der Waals surface area contributed by atoms with Crippen LogP contribution in [0.15, 0.2) is 11.6 Å². The van der Waals surface area contributed by atoms with Gasteiger partial charge in [-0.1, -0.05) is 19.4 Å². The Morgan fingerprint density at radius 1 is 1.25 bits per heavy atom. The maximum absolute atomic E-state index is 13.4. The summed E-state index contributed by atoms with van der Waals surface area (Å²) in [5.74, 6) is 1.75. The first-order valence-electron chi connectivity index (χ1n) is 6.86. The molecule has 1 aliphatic carbocycles. The van der Waals surface area contributed by atoms with Crippen molar-refractivity contribution < 1.29 is 27.5 Å². The molecule has 0 bridgehead atoms. The van der Waals surface area contributed by atoms with Crippen LogP contribution in [0.1, 0.15) is 27.2 Å². The van der Waals surface area contributed by atoms with E-state index >= 15 is 0 Å². The average molecular weight is 397 g/mol. The standard InChI is InChI=1S/C12H14Cl2F4O2.C2H8N2/c1-6-4-7(19)8(9(2,3)5-6)10(20,11(13,15)16)12(14,17)18;1-4(2)3/h4,8,20H,5H2,1-3H3;3H2,1-2H3. The average Bonchev–Trinajstić information content (AvgIpc) is 2.21. The van der Waals surface area contributed by atoms with Gasteiger partial charge in [0.25, 0.3) is 0 Å². The van der Waals surface area contributed by atoms with Gasteiger partial charge in [-0.05, 0) is 48.0 Å². The topological polar surface area (TPSA) is 66.6 Å². The Hall–Kier alpha value is -0.410. The molecular weight excluding hydrogens is 375 g/mol. The van der Waals surface area contributed by atoms with Crippen molar-refractivity contribution in [2.75, 3.05) is 14.1 Å². The number of ketones is 1. The number of hydrogen-bond donors (Lipinski definition) is 2. The van der Waals surface area contributed by atoms with Gasteiger partial charge in [0.2, 0.25) is 5.60 Å². The lowest BCUT2D eigenvalue weighted by Gasteiger charge is -2.48. The molecule has 0 aromatic heterocycles. The predicted octanol–water partition coefficient (Wildman–Crippen LogP) is 3.36.